The standard InChI is InChI=1S/C21H32N2O2/c1-7-22(24,18-14-10-8-11-15-18)21(5,6)23(25,20(2,3)4)19-16-12-9-13-17-19/h8-17,24-25H,7H2,1-6H3/q+2. The Morgan fingerprint density at radius 3 is 1.48 bits per heavy atom. The maximum Gasteiger partial charge on any atom is 0.288 e. The molecule has 2 aromatic rings. The average molecular weight is 344 g/mol. The smallest absolute Gasteiger partial charge is 0.206 e. The number of hydrogen-bond donors (Lipinski definition) is 2. The van der Waals surface area contributed by atoms with Gasteiger partial charge in [-0.05, 0) is 27.7 Å². The normalized spacial score (nSPS) is 17.6. The maximum absolute atomic E-state index is 12.0. The molecule has 0 saturated carbocycles. The van der Waals surface area contributed by atoms with E-state index in [1.165, 1.54) is 0 Å². The van der Waals surface area contributed by atoms with Gasteiger partial charge in [0, 0.05) is 24.3 Å². The molecule has 0 fully saturated rings. The second-order valence-corrected chi connectivity index (χ2v) is 8.06. The number of hydroxylamine groups is 4. The molecule has 136 valence electrons. The molecule has 0 amide bonds. The first kappa shape index (κ1) is 19.6. The monoisotopic (exact) mass is 344 g/mol. The van der Waals surface area contributed by atoms with E-state index in [9.17, 15) is 10.4 Å². The molecule has 0 aliphatic rings. The highest BCUT2D eigenvalue weighted by atomic mass is 16.6. The van der Waals surface area contributed by atoms with Crippen LogP contribution < -0.4 is 9.29 Å². The quantitative estimate of drug-likeness (QED) is 0.437. The van der Waals surface area contributed by atoms with Crippen LogP contribution in [0.1, 0.15) is 41.5 Å². The van der Waals surface area contributed by atoms with Crippen LogP contribution in [0.15, 0.2) is 60.7 Å². The molecule has 2 atom stereocenters. The van der Waals surface area contributed by atoms with Crippen molar-refractivity contribution in [3.8, 4) is 0 Å². The summed E-state index contributed by atoms with van der Waals surface area (Å²) in [4.78, 5) is 0. The summed E-state index contributed by atoms with van der Waals surface area (Å²) in [5.74, 6) is 0. The zero-order chi connectivity index (χ0) is 18.9. The van der Waals surface area contributed by atoms with Crippen molar-refractivity contribution in [3.05, 3.63) is 60.7 Å². The predicted octanol–water partition coefficient (Wildman–Crippen LogP) is 5.33. The third kappa shape index (κ3) is 2.89. The van der Waals surface area contributed by atoms with Crippen LogP contribution in [0.3, 0.4) is 0 Å². The Morgan fingerprint density at radius 2 is 1.12 bits per heavy atom. The van der Waals surface area contributed by atoms with Gasteiger partial charge in [0.1, 0.15) is 12.1 Å². The Bertz CT molecular complexity index is 695. The van der Waals surface area contributed by atoms with Crippen molar-refractivity contribution in [2.75, 3.05) is 6.54 Å². The summed E-state index contributed by atoms with van der Waals surface area (Å²) in [6.07, 6.45) is 0. The van der Waals surface area contributed by atoms with Crippen molar-refractivity contribution in [1.82, 2.24) is 9.29 Å². The molecule has 0 aromatic heterocycles. The van der Waals surface area contributed by atoms with Gasteiger partial charge >= 0.3 is 0 Å². The Morgan fingerprint density at radius 1 is 0.720 bits per heavy atom. The minimum atomic E-state index is -0.963. The number of nitrogens with zero attached hydrogens (tertiary/aromatic N) is 2. The average Bonchev–Trinajstić information content (AvgIpc) is 2.60. The zero-order valence-electron chi connectivity index (χ0n) is 16.3. The second-order valence-electron chi connectivity index (χ2n) is 8.06. The molecule has 0 bridgehead atoms. The van der Waals surface area contributed by atoms with Crippen LogP contribution in [0.5, 0.6) is 0 Å². The molecule has 2 rings (SSSR count). The Hall–Kier alpha value is -1.72. The Kier molecular flexibility index (Phi) is 5.13. The van der Waals surface area contributed by atoms with Crippen molar-refractivity contribution in [3.63, 3.8) is 0 Å². The fraction of sp³-hybridized carbons (Fsp3) is 0.429. The van der Waals surface area contributed by atoms with Gasteiger partial charge in [0.25, 0.3) is 5.66 Å². The van der Waals surface area contributed by atoms with E-state index in [1.807, 2.05) is 102 Å². The van der Waals surface area contributed by atoms with E-state index in [0.717, 1.165) is 11.4 Å². The number of rotatable bonds is 5. The van der Waals surface area contributed by atoms with Crippen LogP contribution in [-0.4, -0.2) is 28.2 Å². The molecule has 25 heavy (non-hydrogen) atoms. The molecule has 0 radical (unpaired) electrons. The number of hydrogen-bond acceptors (Lipinski definition) is 2. The van der Waals surface area contributed by atoms with Crippen molar-refractivity contribution >= 4 is 11.4 Å². The van der Waals surface area contributed by atoms with Gasteiger partial charge in [-0.3, -0.25) is 0 Å². The molecule has 0 spiro atoms. The largest absolute Gasteiger partial charge is 0.288 e. The lowest BCUT2D eigenvalue weighted by molar-refractivity contribution is -0.305. The molecule has 0 saturated heterocycles. The number of quaternary nitrogens is 2. The van der Waals surface area contributed by atoms with Crippen molar-refractivity contribution < 1.29 is 10.4 Å². The topological polar surface area (TPSA) is 40.5 Å². The molecular formula is C21H32N2O2+2. The molecular weight excluding hydrogens is 312 g/mol. The van der Waals surface area contributed by atoms with E-state index in [0.29, 0.717) is 6.54 Å². The third-order valence-corrected chi connectivity index (χ3v) is 5.44. The summed E-state index contributed by atoms with van der Waals surface area (Å²) in [5, 5.41) is 23.8. The number of para-hydroxylation sites is 2. The summed E-state index contributed by atoms with van der Waals surface area (Å²) in [7, 11) is 0. The van der Waals surface area contributed by atoms with Gasteiger partial charge in [0.05, 0.1) is 13.8 Å². The van der Waals surface area contributed by atoms with Crippen molar-refractivity contribution in [2.45, 2.75) is 52.7 Å². The fourth-order valence-corrected chi connectivity index (χ4v) is 3.97. The molecule has 2 aromatic carbocycles. The van der Waals surface area contributed by atoms with Gasteiger partial charge in [0.15, 0.2) is 11.4 Å². The van der Waals surface area contributed by atoms with E-state index < -0.39 is 15.8 Å². The van der Waals surface area contributed by atoms with Crippen LogP contribution in [0.4, 0.5) is 11.4 Å². The Labute approximate surface area is 151 Å². The lowest BCUT2D eigenvalue weighted by Crippen LogP contribution is -2.81. The lowest BCUT2D eigenvalue weighted by Gasteiger charge is -2.54. The minimum Gasteiger partial charge on any atom is -0.206 e. The van der Waals surface area contributed by atoms with Crippen LogP contribution in [0, 0.1) is 0 Å². The summed E-state index contributed by atoms with van der Waals surface area (Å²) < 4.78 is -0.781. The third-order valence-electron chi connectivity index (χ3n) is 5.44. The molecule has 2 N–H and O–H groups in total. The van der Waals surface area contributed by atoms with Gasteiger partial charge < -0.3 is 0 Å². The Balaban J connectivity index is 2.75. The van der Waals surface area contributed by atoms with Crippen molar-refractivity contribution in [1.29, 1.82) is 0 Å². The summed E-state index contributed by atoms with van der Waals surface area (Å²) in [6.45, 7) is 12.2. The number of benzene rings is 2. The summed E-state index contributed by atoms with van der Waals surface area (Å²) >= 11 is 0. The first-order valence-corrected chi connectivity index (χ1v) is 8.86. The first-order valence-electron chi connectivity index (χ1n) is 8.86. The van der Waals surface area contributed by atoms with Gasteiger partial charge in [-0.1, -0.05) is 45.7 Å². The molecule has 4 heteroatoms. The second kappa shape index (κ2) is 6.54. The highest BCUT2D eigenvalue weighted by Crippen LogP contribution is 2.45. The zero-order valence-corrected chi connectivity index (χ0v) is 16.3. The minimum absolute atomic E-state index is 0.378. The summed E-state index contributed by atoms with van der Waals surface area (Å²) in [5.41, 5.74) is -0.0100. The van der Waals surface area contributed by atoms with Crippen LogP contribution in [0.25, 0.3) is 0 Å². The molecule has 0 heterocycles. The fourth-order valence-electron chi connectivity index (χ4n) is 3.97. The first-order chi connectivity index (χ1) is 11.5. The maximum atomic E-state index is 12.0. The predicted molar refractivity (Wildman–Crippen MR) is 104 cm³/mol. The molecule has 0 aliphatic carbocycles. The highest BCUT2D eigenvalue weighted by Gasteiger charge is 2.66. The van der Waals surface area contributed by atoms with Crippen LogP contribution in [0.2, 0.25) is 0 Å². The van der Waals surface area contributed by atoms with Gasteiger partial charge in [-0.25, -0.2) is 10.4 Å². The van der Waals surface area contributed by atoms with E-state index >= 15 is 0 Å². The highest BCUT2D eigenvalue weighted by molar-refractivity contribution is 5.48. The van der Waals surface area contributed by atoms with Crippen molar-refractivity contribution in [2.24, 2.45) is 0 Å². The lowest BCUT2D eigenvalue weighted by atomic mass is 9.95. The molecule has 0 aliphatic heterocycles. The van der Waals surface area contributed by atoms with Gasteiger partial charge in [-0.15, -0.1) is 0 Å². The van der Waals surface area contributed by atoms with Gasteiger partial charge in [0.2, 0.25) is 0 Å². The SMILES string of the molecule is CC[N+](O)(c1ccccc1)C(C)(C)[N+](O)(c1ccccc1)C(C)(C)C. The van der Waals surface area contributed by atoms with Crippen LogP contribution >= 0.6 is 0 Å². The molecule has 2 unspecified atom stereocenters. The van der Waals surface area contributed by atoms with E-state index in [4.69, 9.17) is 0 Å². The van der Waals surface area contributed by atoms with E-state index in [-0.39, 0.29) is 4.65 Å². The van der Waals surface area contributed by atoms with Gasteiger partial charge in [-0.2, -0.15) is 0 Å². The van der Waals surface area contributed by atoms with Crippen LogP contribution in [-0.2, 0) is 0 Å². The molecule has 4 nitrogen and oxygen atoms in total. The van der Waals surface area contributed by atoms with E-state index in [1.54, 1.807) is 0 Å². The van der Waals surface area contributed by atoms with E-state index in [2.05, 4.69) is 0 Å². The summed E-state index contributed by atoms with van der Waals surface area (Å²) in [6, 6.07) is 19.2.